The summed E-state index contributed by atoms with van der Waals surface area (Å²) in [7, 11) is 0. The van der Waals surface area contributed by atoms with Gasteiger partial charge >= 0.3 is 59.1 Å². The van der Waals surface area contributed by atoms with Crippen LogP contribution < -0.4 is 80.0 Å². The van der Waals surface area contributed by atoms with Gasteiger partial charge in [0.05, 0.1) is 13.2 Å². The first-order valence-electron chi connectivity index (χ1n) is 9.15. The van der Waals surface area contributed by atoms with Crippen LogP contribution in [0.3, 0.4) is 0 Å². The van der Waals surface area contributed by atoms with Gasteiger partial charge in [0.2, 0.25) is 11.8 Å². The van der Waals surface area contributed by atoms with Crippen molar-refractivity contribution in [1.29, 1.82) is 0 Å². The van der Waals surface area contributed by atoms with Gasteiger partial charge in [-0.2, -0.15) is 0 Å². The number of aliphatic hydroxyl groups is 4. The van der Waals surface area contributed by atoms with E-state index in [0.29, 0.717) is 0 Å². The Labute approximate surface area is 231 Å². The maximum absolute atomic E-state index is 11.2. The Morgan fingerprint density at radius 2 is 0.969 bits per heavy atom. The number of carbonyl (C=O) groups is 4. The van der Waals surface area contributed by atoms with Gasteiger partial charge in [-0.15, -0.1) is 0 Å². The van der Waals surface area contributed by atoms with Gasteiger partial charge in [-0.25, -0.2) is 0 Å². The number of nitrogens with one attached hydrogen (secondary N) is 2. The summed E-state index contributed by atoms with van der Waals surface area (Å²) in [4.78, 5) is 42.6. The van der Waals surface area contributed by atoms with Crippen LogP contribution in [0.15, 0.2) is 0 Å². The molecule has 0 aromatic rings. The van der Waals surface area contributed by atoms with Crippen LogP contribution in [-0.4, -0.2) is 82.7 Å². The van der Waals surface area contributed by atoms with E-state index < -0.39 is 46.8 Å². The van der Waals surface area contributed by atoms with E-state index >= 15 is 0 Å². The van der Waals surface area contributed by atoms with E-state index in [2.05, 4.69) is 10.6 Å². The van der Waals surface area contributed by atoms with Crippen molar-refractivity contribution >= 4 is 23.8 Å². The minimum absolute atomic E-state index is 0. The molecular formula is C18H32N2Na2O10. The van der Waals surface area contributed by atoms with E-state index in [4.69, 9.17) is 10.2 Å². The van der Waals surface area contributed by atoms with Gasteiger partial charge in [0.25, 0.3) is 0 Å². The van der Waals surface area contributed by atoms with Crippen molar-refractivity contribution in [1.82, 2.24) is 10.6 Å². The maximum atomic E-state index is 11.2. The molecule has 0 heterocycles. The smallest absolute Gasteiger partial charge is 0.550 e. The van der Waals surface area contributed by atoms with E-state index in [0.717, 1.165) is 0 Å². The van der Waals surface area contributed by atoms with Crippen molar-refractivity contribution in [3.8, 4) is 0 Å². The molecule has 32 heavy (non-hydrogen) atoms. The van der Waals surface area contributed by atoms with E-state index in [1.165, 1.54) is 27.7 Å². The molecular weight excluding hydrogens is 450 g/mol. The van der Waals surface area contributed by atoms with Gasteiger partial charge < -0.3 is 50.9 Å². The van der Waals surface area contributed by atoms with Crippen molar-refractivity contribution in [2.75, 3.05) is 26.3 Å². The predicted molar refractivity (Wildman–Crippen MR) is 99.0 cm³/mol. The molecule has 0 fully saturated rings. The van der Waals surface area contributed by atoms with Gasteiger partial charge in [0, 0.05) is 48.7 Å². The maximum Gasteiger partial charge on any atom is 1.00 e. The summed E-state index contributed by atoms with van der Waals surface area (Å²) in [6.45, 7) is 5.21. The summed E-state index contributed by atoms with van der Waals surface area (Å²) in [5.41, 5.74) is -1.91. The molecule has 0 spiro atoms. The Morgan fingerprint density at radius 3 is 1.16 bits per heavy atom. The molecule has 12 nitrogen and oxygen atoms in total. The number of aliphatic hydroxyl groups excluding tert-OH is 4. The van der Waals surface area contributed by atoms with Crippen LogP contribution in [0.25, 0.3) is 0 Å². The minimum atomic E-state index is -1.37. The normalized spacial score (nSPS) is 12.5. The minimum Gasteiger partial charge on any atom is -0.550 e. The largest absolute Gasteiger partial charge is 1.00 e. The molecule has 0 aromatic carbocycles. The zero-order valence-corrected chi connectivity index (χ0v) is 23.6. The molecule has 0 aromatic heterocycles. The third-order valence-corrected chi connectivity index (χ3v) is 4.05. The number of carboxylic acids is 2. The summed E-state index contributed by atoms with van der Waals surface area (Å²) in [5.74, 6) is -3.94. The second-order valence-electron chi connectivity index (χ2n) is 7.92. The number of carboxylic acid groups (broad SMARTS) is 2. The number of hydrogen-bond donors (Lipinski definition) is 6. The van der Waals surface area contributed by atoms with Gasteiger partial charge in [-0.3, -0.25) is 9.59 Å². The van der Waals surface area contributed by atoms with Crippen molar-refractivity contribution in [3.63, 3.8) is 0 Å². The number of rotatable bonds is 12. The Bertz CT molecular complexity index is 538. The molecule has 0 unspecified atom stereocenters. The van der Waals surface area contributed by atoms with E-state index in [-0.39, 0.29) is 98.3 Å². The van der Waals surface area contributed by atoms with Crippen LogP contribution in [0.4, 0.5) is 0 Å². The number of amides is 2. The van der Waals surface area contributed by atoms with Crippen LogP contribution in [0, 0.1) is 10.8 Å². The van der Waals surface area contributed by atoms with Crippen molar-refractivity contribution in [2.45, 2.75) is 52.7 Å². The molecule has 0 saturated carbocycles. The average molecular weight is 482 g/mol. The summed E-state index contributed by atoms with van der Waals surface area (Å²) in [6, 6.07) is 0. The molecule has 0 aliphatic heterocycles. The molecule has 0 radical (unpaired) electrons. The zero-order chi connectivity index (χ0) is 24.1. The molecule has 0 aliphatic rings. The van der Waals surface area contributed by atoms with Crippen LogP contribution in [0.1, 0.15) is 40.5 Å². The number of aliphatic carboxylic acids is 2. The van der Waals surface area contributed by atoms with E-state index in [9.17, 15) is 39.6 Å². The fraction of sp³-hybridized carbons (Fsp3) is 0.778. The van der Waals surface area contributed by atoms with E-state index in [1.807, 2.05) is 0 Å². The fourth-order valence-corrected chi connectivity index (χ4v) is 1.65. The standard InChI is InChI=1S/2C9H17NO5.2Na/c2*1-9(2,5-11)7(14)8(15)10-4-3-6(12)13;;/h2*7,11,14H,3-5H2,1-2H3,(H,10,15)(H,12,13);;/q;;2*+1/p-2/t2*7-;;/m00../s1. The first-order valence-corrected chi connectivity index (χ1v) is 9.15. The Hall–Kier alpha value is -0.280. The molecule has 2 amide bonds. The monoisotopic (exact) mass is 482 g/mol. The molecule has 0 bridgehead atoms. The third kappa shape index (κ3) is 17.2. The van der Waals surface area contributed by atoms with E-state index in [1.54, 1.807) is 0 Å². The second-order valence-corrected chi connectivity index (χ2v) is 7.92. The Balaban J connectivity index is -0.000000231. The van der Waals surface area contributed by atoms with Crippen LogP contribution in [-0.2, 0) is 19.2 Å². The molecule has 0 saturated heterocycles. The molecule has 14 heteroatoms. The molecule has 0 aliphatic carbocycles. The van der Waals surface area contributed by atoms with Crippen molar-refractivity contribution < 1.29 is 109 Å². The zero-order valence-electron chi connectivity index (χ0n) is 19.6. The Kier molecular flexibility index (Phi) is 23.2. The van der Waals surface area contributed by atoms with Gasteiger partial charge in [-0.05, 0) is 0 Å². The second kappa shape index (κ2) is 19.1. The van der Waals surface area contributed by atoms with Crippen molar-refractivity contribution in [3.05, 3.63) is 0 Å². The summed E-state index contributed by atoms with van der Waals surface area (Å²) in [5, 5.41) is 61.3. The third-order valence-electron chi connectivity index (χ3n) is 4.05. The molecule has 0 rings (SSSR count). The topological polar surface area (TPSA) is 219 Å². The van der Waals surface area contributed by atoms with Gasteiger partial charge in [0.1, 0.15) is 12.2 Å². The quantitative estimate of drug-likeness (QED) is 0.144. The molecule has 2 atom stereocenters. The first kappa shape index (κ1) is 39.0. The van der Waals surface area contributed by atoms with Crippen molar-refractivity contribution in [2.24, 2.45) is 10.8 Å². The SMILES string of the molecule is CC(C)(CO)[C@@H](O)C(=O)NCCC(=O)[O-].CC(C)(CO)[C@@H](O)C(=O)NCCC(=O)[O-].[Na+].[Na+]. The van der Waals surface area contributed by atoms with Crippen LogP contribution >= 0.6 is 0 Å². The number of hydrogen-bond acceptors (Lipinski definition) is 10. The van der Waals surface area contributed by atoms with Crippen LogP contribution in [0.2, 0.25) is 0 Å². The fourth-order valence-electron chi connectivity index (χ4n) is 1.65. The number of carbonyl (C=O) groups excluding carboxylic acids is 4. The summed E-state index contributed by atoms with van der Waals surface area (Å²) < 4.78 is 0. The summed E-state index contributed by atoms with van der Waals surface area (Å²) >= 11 is 0. The first-order chi connectivity index (χ1) is 13.6. The molecule has 6 N–H and O–H groups in total. The van der Waals surface area contributed by atoms with Gasteiger partial charge in [0.15, 0.2) is 0 Å². The predicted octanol–water partition coefficient (Wildman–Crippen LogP) is -10.7. The van der Waals surface area contributed by atoms with Gasteiger partial charge in [-0.1, -0.05) is 27.7 Å². The average Bonchev–Trinajstić information content (AvgIpc) is 2.66. The molecule has 176 valence electrons. The Morgan fingerprint density at radius 1 is 0.719 bits per heavy atom. The summed E-state index contributed by atoms with van der Waals surface area (Å²) in [6.07, 6.45) is -3.36. The van der Waals surface area contributed by atoms with Crippen LogP contribution in [0.5, 0.6) is 0 Å².